The molecule has 4 aromatic carbocycles. The lowest BCUT2D eigenvalue weighted by Gasteiger charge is -2.38. The first-order valence-corrected chi connectivity index (χ1v) is 18.6. The lowest BCUT2D eigenvalue weighted by atomic mass is 10.0. The molecular weight excluding hydrogens is 675 g/mol. The number of nitriles is 2. The first-order valence-electron chi connectivity index (χ1n) is 18.2. The highest BCUT2D eigenvalue weighted by Gasteiger charge is 2.40. The van der Waals surface area contributed by atoms with Crippen LogP contribution in [-0.4, -0.2) is 60.1 Å². The molecule has 8 nitrogen and oxygen atoms in total. The summed E-state index contributed by atoms with van der Waals surface area (Å²) in [6.45, 7) is 3.80. The average molecular weight is 719 g/mol. The predicted octanol–water partition coefficient (Wildman–Crippen LogP) is 6.84. The number of piperidine rings is 2. The lowest BCUT2D eigenvalue weighted by Crippen LogP contribution is -2.49. The molecule has 2 aliphatic heterocycles. The van der Waals surface area contributed by atoms with Crippen molar-refractivity contribution in [1.29, 1.82) is 10.5 Å². The fraction of sp³-hybridized carbons (Fsp3) is 0.381. The molecule has 2 heterocycles. The Morgan fingerprint density at radius 3 is 1.81 bits per heavy atom. The van der Waals surface area contributed by atoms with Gasteiger partial charge >= 0.3 is 0 Å². The molecule has 2 saturated heterocycles. The molecule has 4 aliphatic rings. The molecule has 8 rings (SSSR count). The van der Waals surface area contributed by atoms with Gasteiger partial charge in [0, 0.05) is 31.2 Å². The van der Waals surface area contributed by atoms with Crippen LogP contribution in [0.5, 0.6) is 11.5 Å². The fourth-order valence-electron chi connectivity index (χ4n) is 8.29. The standard InChI is InChI=1S/C21H22ClN3O.C21H22FN3O/c22-19-11-17(8-7-15(19)12-23)26-21-18-6-2-1-4-14(18)10-20(21)25-9-3-5-16(24)13-25;22-18-10-14(12-23)7-8-20(18)26-21-17-6-2-1-4-15(17)11-19(21)25-9-3-5-16(24)13-25/h1-2,4,6-8,11,16,20-21H,3,5,9-10,13,24H2;1-2,4,6-8,10,16,19,21H,3,5,9,11,13,24H2/t16-,20-,21-;16-,19-,21-/m11/s1. The zero-order valence-electron chi connectivity index (χ0n) is 29.1. The van der Waals surface area contributed by atoms with Crippen LogP contribution >= 0.6 is 11.6 Å². The number of nitrogens with two attached hydrogens (primary N) is 2. The molecule has 0 bridgehead atoms. The van der Waals surface area contributed by atoms with E-state index in [0.29, 0.717) is 21.9 Å². The van der Waals surface area contributed by atoms with Crippen LogP contribution in [0.2, 0.25) is 5.02 Å². The highest BCUT2D eigenvalue weighted by molar-refractivity contribution is 6.31. The van der Waals surface area contributed by atoms with E-state index in [4.69, 9.17) is 43.1 Å². The molecule has 0 amide bonds. The maximum absolute atomic E-state index is 14.4. The van der Waals surface area contributed by atoms with Gasteiger partial charge in [0.25, 0.3) is 0 Å². The fourth-order valence-corrected chi connectivity index (χ4v) is 8.50. The Morgan fingerprint density at radius 2 is 1.29 bits per heavy atom. The summed E-state index contributed by atoms with van der Waals surface area (Å²) in [6.07, 6.45) is 5.90. The second-order valence-electron chi connectivity index (χ2n) is 14.3. The van der Waals surface area contributed by atoms with E-state index < -0.39 is 5.82 Å². The van der Waals surface area contributed by atoms with Crippen LogP contribution in [0, 0.1) is 28.5 Å². The van der Waals surface area contributed by atoms with Gasteiger partial charge in [0.05, 0.1) is 34.3 Å². The predicted molar refractivity (Wildman–Crippen MR) is 199 cm³/mol. The van der Waals surface area contributed by atoms with Crippen molar-refractivity contribution in [3.63, 3.8) is 0 Å². The number of halogens is 2. The van der Waals surface area contributed by atoms with E-state index in [0.717, 1.165) is 70.3 Å². The van der Waals surface area contributed by atoms with Gasteiger partial charge in [-0.25, -0.2) is 4.39 Å². The van der Waals surface area contributed by atoms with Gasteiger partial charge in [-0.3, -0.25) is 9.80 Å². The zero-order chi connectivity index (χ0) is 36.2. The van der Waals surface area contributed by atoms with E-state index in [1.165, 1.54) is 22.8 Å². The third kappa shape index (κ3) is 7.80. The molecule has 0 saturated carbocycles. The molecule has 2 fully saturated rings. The minimum atomic E-state index is -0.498. The Balaban J connectivity index is 0.000000162. The third-order valence-electron chi connectivity index (χ3n) is 10.8. The van der Waals surface area contributed by atoms with Crippen molar-refractivity contribution < 1.29 is 13.9 Å². The first kappa shape index (κ1) is 35.9. The van der Waals surface area contributed by atoms with E-state index in [9.17, 15) is 4.39 Å². The average Bonchev–Trinajstić information content (AvgIpc) is 3.71. The molecule has 268 valence electrons. The largest absolute Gasteiger partial charge is 0.484 e. The molecule has 2 aliphatic carbocycles. The zero-order valence-corrected chi connectivity index (χ0v) is 29.9. The van der Waals surface area contributed by atoms with Crippen LogP contribution in [0.15, 0.2) is 84.9 Å². The van der Waals surface area contributed by atoms with E-state index in [1.54, 1.807) is 24.3 Å². The van der Waals surface area contributed by atoms with Gasteiger partial charge in [0.1, 0.15) is 24.0 Å². The summed E-state index contributed by atoms with van der Waals surface area (Å²) in [5, 5.41) is 18.4. The molecule has 52 heavy (non-hydrogen) atoms. The monoisotopic (exact) mass is 718 g/mol. The first-order chi connectivity index (χ1) is 25.3. The molecule has 0 unspecified atom stereocenters. The Morgan fingerprint density at radius 1 is 0.712 bits per heavy atom. The van der Waals surface area contributed by atoms with Gasteiger partial charge < -0.3 is 20.9 Å². The molecule has 6 atom stereocenters. The van der Waals surface area contributed by atoms with Crippen molar-refractivity contribution in [2.24, 2.45) is 11.5 Å². The van der Waals surface area contributed by atoms with Gasteiger partial charge in [0.15, 0.2) is 11.6 Å². The summed E-state index contributed by atoms with van der Waals surface area (Å²) in [4.78, 5) is 4.87. The van der Waals surface area contributed by atoms with Gasteiger partial charge in [-0.05, 0) is 104 Å². The maximum atomic E-state index is 14.4. The minimum Gasteiger partial charge on any atom is -0.484 e. The van der Waals surface area contributed by atoms with E-state index in [-0.39, 0.29) is 42.1 Å². The van der Waals surface area contributed by atoms with Gasteiger partial charge in [-0.2, -0.15) is 10.5 Å². The van der Waals surface area contributed by atoms with Crippen molar-refractivity contribution >= 4 is 11.6 Å². The van der Waals surface area contributed by atoms with Gasteiger partial charge in [-0.1, -0.05) is 60.1 Å². The van der Waals surface area contributed by atoms with Crippen molar-refractivity contribution in [2.45, 2.75) is 74.9 Å². The number of rotatable bonds is 6. The second kappa shape index (κ2) is 16.0. The van der Waals surface area contributed by atoms with Crippen LogP contribution in [0.1, 0.15) is 71.3 Å². The van der Waals surface area contributed by atoms with Crippen molar-refractivity contribution in [2.75, 3.05) is 26.2 Å². The lowest BCUT2D eigenvalue weighted by molar-refractivity contribution is 0.0571. The van der Waals surface area contributed by atoms with Crippen molar-refractivity contribution in [3.8, 4) is 23.6 Å². The summed E-state index contributed by atoms with van der Waals surface area (Å²) < 4.78 is 27.0. The number of benzene rings is 4. The topological polar surface area (TPSA) is 125 Å². The Bertz CT molecular complexity index is 1980. The van der Waals surface area contributed by atoms with E-state index in [1.807, 2.05) is 24.3 Å². The van der Waals surface area contributed by atoms with Crippen LogP contribution in [0.25, 0.3) is 0 Å². The second-order valence-corrected chi connectivity index (χ2v) is 14.7. The minimum absolute atomic E-state index is 0.0551. The normalized spacial score (nSPS) is 25.5. The summed E-state index contributed by atoms with van der Waals surface area (Å²) in [5.74, 6) is 0.390. The molecule has 0 spiro atoms. The van der Waals surface area contributed by atoms with Gasteiger partial charge in [0.2, 0.25) is 0 Å². The van der Waals surface area contributed by atoms with Crippen molar-refractivity contribution in [3.05, 3.63) is 129 Å². The molecule has 0 radical (unpaired) electrons. The van der Waals surface area contributed by atoms with Gasteiger partial charge in [-0.15, -0.1) is 0 Å². The summed E-state index contributed by atoms with van der Waals surface area (Å²) in [5.41, 5.74) is 18.1. The summed E-state index contributed by atoms with van der Waals surface area (Å²) >= 11 is 6.19. The summed E-state index contributed by atoms with van der Waals surface area (Å²) in [6, 6.07) is 31.2. The SMILES string of the molecule is N#Cc1ccc(O[C@@H]2c3ccccc3C[C@H]2N2CCC[C@@H](N)C2)c(F)c1.N#Cc1ccc(O[C@@H]2c3ccccc3C[C@H]2N2CCC[C@@H](N)C2)cc1Cl. The van der Waals surface area contributed by atoms with Crippen LogP contribution in [0.3, 0.4) is 0 Å². The van der Waals surface area contributed by atoms with E-state index in [2.05, 4.69) is 52.3 Å². The third-order valence-corrected chi connectivity index (χ3v) is 11.1. The Hall–Kier alpha value is -4.48. The van der Waals surface area contributed by atoms with Crippen molar-refractivity contribution in [1.82, 2.24) is 9.80 Å². The molecular formula is C42H44ClFN6O2. The van der Waals surface area contributed by atoms with Crippen LogP contribution in [0.4, 0.5) is 4.39 Å². The highest BCUT2D eigenvalue weighted by Crippen LogP contribution is 2.41. The van der Waals surface area contributed by atoms with Crippen LogP contribution in [-0.2, 0) is 12.8 Å². The quantitative estimate of drug-likeness (QED) is 0.222. The molecule has 4 aromatic rings. The number of hydrogen-bond acceptors (Lipinski definition) is 8. The Labute approximate surface area is 310 Å². The molecule has 0 aromatic heterocycles. The van der Waals surface area contributed by atoms with E-state index >= 15 is 0 Å². The van der Waals surface area contributed by atoms with Crippen LogP contribution < -0.4 is 20.9 Å². The molecule has 10 heteroatoms. The number of ether oxygens (including phenoxy) is 2. The smallest absolute Gasteiger partial charge is 0.166 e. The number of fused-ring (bicyclic) bond motifs is 2. The number of nitrogens with zero attached hydrogens (tertiary/aromatic N) is 4. The Kier molecular flexibility index (Phi) is 11.1. The highest BCUT2D eigenvalue weighted by atomic mass is 35.5. The summed E-state index contributed by atoms with van der Waals surface area (Å²) in [7, 11) is 0. The number of likely N-dealkylation sites (tertiary alicyclic amines) is 2. The maximum Gasteiger partial charge on any atom is 0.166 e. The molecule has 4 N–H and O–H groups in total. The number of hydrogen-bond donors (Lipinski definition) is 2.